The van der Waals surface area contributed by atoms with Gasteiger partial charge in [0.25, 0.3) is 5.91 Å². The molecule has 5 rings (SSSR count). The summed E-state index contributed by atoms with van der Waals surface area (Å²) < 4.78 is 16.4. The predicted molar refractivity (Wildman–Crippen MR) is 147 cm³/mol. The van der Waals surface area contributed by atoms with Crippen LogP contribution in [-0.4, -0.2) is 69.9 Å². The lowest BCUT2D eigenvalue weighted by Crippen LogP contribution is -2.42. The van der Waals surface area contributed by atoms with Crippen LogP contribution >= 0.6 is 0 Å². The first-order valence-electron chi connectivity index (χ1n) is 13.7. The number of piperidine rings is 1. The van der Waals surface area contributed by atoms with Crippen molar-refractivity contribution in [3.8, 4) is 5.69 Å². The Kier molecular flexibility index (Phi) is 7.52. The van der Waals surface area contributed by atoms with Gasteiger partial charge >= 0.3 is 0 Å². The number of fused-ring (bicyclic) bond motifs is 1. The predicted octanol–water partition coefficient (Wildman–Crippen LogP) is 4.49. The van der Waals surface area contributed by atoms with E-state index in [-0.39, 0.29) is 23.9 Å². The van der Waals surface area contributed by atoms with Crippen LogP contribution in [0.25, 0.3) is 16.6 Å². The van der Waals surface area contributed by atoms with Gasteiger partial charge in [-0.2, -0.15) is 0 Å². The number of amides is 2. The van der Waals surface area contributed by atoms with Gasteiger partial charge in [0, 0.05) is 49.9 Å². The molecule has 2 fully saturated rings. The second-order valence-corrected chi connectivity index (χ2v) is 11.3. The molecular formula is C30H38FN5O2. The first-order chi connectivity index (χ1) is 18.2. The van der Waals surface area contributed by atoms with Crippen molar-refractivity contribution in [2.45, 2.75) is 65.0 Å². The summed E-state index contributed by atoms with van der Waals surface area (Å²) in [5, 5.41) is 4.25. The molecule has 2 saturated heterocycles. The number of benzene rings is 1. The molecule has 0 aliphatic carbocycles. The Labute approximate surface area is 224 Å². The molecule has 2 aliphatic rings. The first kappa shape index (κ1) is 26.4. The fraction of sp³-hybridized carbons (Fsp3) is 0.500. The van der Waals surface area contributed by atoms with E-state index in [1.54, 1.807) is 18.0 Å². The third kappa shape index (κ3) is 5.32. The van der Waals surface area contributed by atoms with Crippen molar-refractivity contribution in [1.29, 1.82) is 0 Å². The van der Waals surface area contributed by atoms with Gasteiger partial charge in [-0.25, -0.2) is 4.39 Å². The van der Waals surface area contributed by atoms with E-state index < -0.39 is 5.82 Å². The van der Waals surface area contributed by atoms with Crippen LogP contribution < -0.4 is 5.32 Å². The topological polar surface area (TPSA) is 70.5 Å². The van der Waals surface area contributed by atoms with Gasteiger partial charge in [0.1, 0.15) is 5.82 Å². The monoisotopic (exact) mass is 519 g/mol. The van der Waals surface area contributed by atoms with Crippen molar-refractivity contribution in [2.24, 2.45) is 5.92 Å². The van der Waals surface area contributed by atoms with Gasteiger partial charge in [0.15, 0.2) is 0 Å². The van der Waals surface area contributed by atoms with E-state index in [0.29, 0.717) is 23.6 Å². The SMILES string of the molecule is Cc1cncc2c1c(CC1CCN(C[C@@H]3CCC(=O)N3)CC1)cn2-c1ccc(F)cc1C(=O)N(C)C(C)C. The number of pyridine rings is 1. The highest BCUT2D eigenvalue weighted by Gasteiger charge is 2.27. The van der Waals surface area contributed by atoms with Crippen LogP contribution in [0.3, 0.4) is 0 Å². The number of halogens is 1. The normalized spacial score (nSPS) is 18.9. The minimum absolute atomic E-state index is 0.00435. The van der Waals surface area contributed by atoms with Gasteiger partial charge in [-0.15, -0.1) is 0 Å². The number of aromatic nitrogens is 2. The van der Waals surface area contributed by atoms with Crippen LogP contribution in [0, 0.1) is 18.7 Å². The van der Waals surface area contributed by atoms with E-state index in [0.717, 1.165) is 61.8 Å². The summed E-state index contributed by atoms with van der Waals surface area (Å²) in [5.41, 5.74) is 4.28. The average Bonchev–Trinajstić information content (AvgIpc) is 3.47. The Bertz CT molecular complexity index is 1340. The number of hydrogen-bond acceptors (Lipinski definition) is 4. The second-order valence-electron chi connectivity index (χ2n) is 11.3. The number of likely N-dealkylation sites (tertiary alicyclic amines) is 1. The highest BCUT2D eigenvalue weighted by molar-refractivity contribution is 5.99. The summed E-state index contributed by atoms with van der Waals surface area (Å²) >= 11 is 0. The molecule has 2 aliphatic heterocycles. The molecule has 202 valence electrons. The summed E-state index contributed by atoms with van der Waals surface area (Å²) in [6, 6.07) is 4.74. The number of nitrogens with one attached hydrogen (secondary N) is 1. The molecule has 0 saturated carbocycles. The summed E-state index contributed by atoms with van der Waals surface area (Å²) in [4.78, 5) is 33.5. The van der Waals surface area contributed by atoms with E-state index in [1.807, 2.05) is 30.8 Å². The molecule has 0 unspecified atom stereocenters. The molecule has 0 radical (unpaired) electrons. The molecule has 7 nitrogen and oxygen atoms in total. The smallest absolute Gasteiger partial charge is 0.256 e. The van der Waals surface area contributed by atoms with Gasteiger partial charge in [-0.05, 0) is 94.8 Å². The zero-order chi connectivity index (χ0) is 27.0. The third-order valence-electron chi connectivity index (χ3n) is 8.30. The van der Waals surface area contributed by atoms with E-state index in [2.05, 4.69) is 28.3 Å². The molecule has 2 aromatic heterocycles. The summed E-state index contributed by atoms with van der Waals surface area (Å²) in [6.07, 6.45) is 10.6. The highest BCUT2D eigenvalue weighted by atomic mass is 19.1. The van der Waals surface area contributed by atoms with Crippen molar-refractivity contribution in [1.82, 2.24) is 24.7 Å². The summed E-state index contributed by atoms with van der Waals surface area (Å²) in [5.74, 6) is 0.0962. The fourth-order valence-corrected chi connectivity index (χ4v) is 5.92. The largest absolute Gasteiger partial charge is 0.352 e. The van der Waals surface area contributed by atoms with Gasteiger partial charge < -0.3 is 19.7 Å². The van der Waals surface area contributed by atoms with E-state index in [4.69, 9.17) is 0 Å². The third-order valence-corrected chi connectivity index (χ3v) is 8.30. The lowest BCUT2D eigenvalue weighted by atomic mass is 9.89. The van der Waals surface area contributed by atoms with Gasteiger partial charge in [-0.1, -0.05) is 0 Å². The molecule has 0 bridgehead atoms. The molecule has 1 aromatic carbocycles. The van der Waals surface area contributed by atoms with Crippen LogP contribution in [0.1, 0.15) is 61.0 Å². The van der Waals surface area contributed by atoms with E-state index in [1.165, 1.54) is 17.7 Å². The Morgan fingerprint density at radius 2 is 1.97 bits per heavy atom. The first-order valence-corrected chi connectivity index (χ1v) is 13.7. The number of carbonyl (C=O) groups excluding carboxylic acids is 2. The number of nitrogens with zero attached hydrogens (tertiary/aromatic N) is 4. The standard InChI is InChI=1S/C30H38FN5O2/c1-19(2)34(4)30(38)25-14-23(31)5-7-26(25)36-17-22(29-20(3)15-32-16-27(29)36)13-21-9-11-35(12-10-21)18-24-6-8-28(37)33-24/h5,7,14-17,19,21,24H,6,8-13,18H2,1-4H3,(H,33,37)/t24-/m0/s1. The molecule has 2 amide bonds. The maximum absolute atomic E-state index is 14.3. The van der Waals surface area contributed by atoms with Crippen molar-refractivity contribution in [3.05, 3.63) is 59.3 Å². The lowest BCUT2D eigenvalue weighted by molar-refractivity contribution is -0.119. The Morgan fingerprint density at radius 1 is 1.21 bits per heavy atom. The molecular weight excluding hydrogens is 481 g/mol. The van der Waals surface area contributed by atoms with Crippen LogP contribution in [-0.2, 0) is 11.2 Å². The zero-order valence-electron chi connectivity index (χ0n) is 22.8. The fourth-order valence-electron chi connectivity index (χ4n) is 5.92. The van der Waals surface area contributed by atoms with Crippen LogP contribution in [0.15, 0.2) is 36.8 Å². The molecule has 1 N–H and O–H groups in total. The Morgan fingerprint density at radius 3 is 2.66 bits per heavy atom. The van der Waals surface area contributed by atoms with Gasteiger partial charge in [0.2, 0.25) is 5.91 Å². The maximum Gasteiger partial charge on any atom is 0.256 e. The Balaban J connectivity index is 1.41. The quantitative estimate of drug-likeness (QED) is 0.500. The van der Waals surface area contributed by atoms with E-state index >= 15 is 0 Å². The van der Waals surface area contributed by atoms with Crippen LogP contribution in [0.4, 0.5) is 4.39 Å². The molecule has 8 heteroatoms. The van der Waals surface area contributed by atoms with Crippen molar-refractivity contribution in [3.63, 3.8) is 0 Å². The summed E-state index contributed by atoms with van der Waals surface area (Å²) in [7, 11) is 1.75. The van der Waals surface area contributed by atoms with Crippen molar-refractivity contribution < 1.29 is 14.0 Å². The number of hydrogen-bond donors (Lipinski definition) is 1. The average molecular weight is 520 g/mol. The highest BCUT2D eigenvalue weighted by Crippen LogP contribution is 2.33. The van der Waals surface area contributed by atoms with Gasteiger partial charge in [-0.3, -0.25) is 14.6 Å². The second kappa shape index (κ2) is 10.8. The lowest BCUT2D eigenvalue weighted by Gasteiger charge is -2.33. The van der Waals surface area contributed by atoms with Crippen molar-refractivity contribution in [2.75, 3.05) is 26.7 Å². The maximum atomic E-state index is 14.3. The van der Waals surface area contributed by atoms with Crippen LogP contribution in [0.2, 0.25) is 0 Å². The molecule has 4 heterocycles. The summed E-state index contributed by atoms with van der Waals surface area (Å²) in [6.45, 7) is 8.98. The van der Waals surface area contributed by atoms with E-state index in [9.17, 15) is 14.0 Å². The minimum atomic E-state index is -0.427. The Hall–Kier alpha value is -3.26. The zero-order valence-corrected chi connectivity index (χ0v) is 22.8. The van der Waals surface area contributed by atoms with Gasteiger partial charge in [0.05, 0.1) is 23.0 Å². The number of aryl methyl sites for hydroxylation is 1. The number of rotatable bonds is 7. The van der Waals surface area contributed by atoms with Crippen molar-refractivity contribution >= 4 is 22.7 Å². The minimum Gasteiger partial charge on any atom is -0.352 e. The number of carbonyl (C=O) groups is 2. The van der Waals surface area contributed by atoms with Crippen LogP contribution in [0.5, 0.6) is 0 Å². The molecule has 1 atom stereocenters. The molecule has 3 aromatic rings. The molecule has 38 heavy (non-hydrogen) atoms. The molecule has 0 spiro atoms.